The summed E-state index contributed by atoms with van der Waals surface area (Å²) in [5, 5.41) is 8.45. The fourth-order valence-electron chi connectivity index (χ4n) is 3.48. The summed E-state index contributed by atoms with van der Waals surface area (Å²) in [4.78, 5) is 21.0. The van der Waals surface area contributed by atoms with E-state index in [4.69, 9.17) is 0 Å². The normalized spacial score (nSPS) is 15.4. The Hall–Kier alpha value is -2.76. The third kappa shape index (κ3) is 3.24. The van der Waals surface area contributed by atoms with Gasteiger partial charge in [-0.25, -0.2) is 4.98 Å². The molecule has 1 aliphatic rings. The van der Waals surface area contributed by atoms with Gasteiger partial charge in [-0.1, -0.05) is 19.3 Å². The predicted molar refractivity (Wildman–Crippen MR) is 96.5 cm³/mol. The topological polar surface area (TPSA) is 72.7 Å². The van der Waals surface area contributed by atoms with Crippen LogP contribution in [0, 0.1) is 0 Å². The molecular formula is C19H21N5O. The molecule has 6 heteroatoms. The Balaban J connectivity index is 1.54. The van der Waals surface area contributed by atoms with Gasteiger partial charge in [0.2, 0.25) is 0 Å². The number of rotatable bonds is 3. The molecule has 0 aromatic carbocycles. The molecule has 1 N–H and O–H groups in total. The predicted octanol–water partition coefficient (Wildman–Crippen LogP) is 3.66. The summed E-state index contributed by atoms with van der Waals surface area (Å²) in [5.41, 5.74) is 2.23. The van der Waals surface area contributed by atoms with Crippen LogP contribution in [-0.2, 0) is 7.05 Å². The number of aromatic nitrogens is 4. The largest absolute Gasteiger partial charge is 0.305 e. The van der Waals surface area contributed by atoms with Crippen LogP contribution in [0.4, 0.5) is 5.82 Å². The molecule has 3 aromatic rings. The number of pyridine rings is 2. The molecule has 1 amide bonds. The maximum atomic E-state index is 12.6. The highest BCUT2D eigenvalue weighted by atomic mass is 16.2. The molecule has 1 aliphatic carbocycles. The van der Waals surface area contributed by atoms with Crippen molar-refractivity contribution in [3.8, 4) is 0 Å². The van der Waals surface area contributed by atoms with Gasteiger partial charge in [-0.15, -0.1) is 0 Å². The first-order valence-corrected chi connectivity index (χ1v) is 8.77. The van der Waals surface area contributed by atoms with E-state index in [0.717, 1.165) is 16.6 Å². The lowest BCUT2D eigenvalue weighted by Gasteiger charge is -2.19. The molecule has 0 radical (unpaired) electrons. The Morgan fingerprint density at radius 1 is 1.20 bits per heavy atom. The number of fused-ring (bicyclic) bond motifs is 1. The summed E-state index contributed by atoms with van der Waals surface area (Å²) in [6.07, 6.45) is 9.62. The standard InChI is InChI=1S/C19H21N5O/c1-24-18(11-17(23-24)13-5-3-2-4-6-13)22-19(25)16-8-7-14-12-20-10-9-15(14)21-16/h7-13H,2-6H2,1H3,(H,22,25). The molecule has 1 fully saturated rings. The number of nitrogens with one attached hydrogen (secondary N) is 1. The molecule has 0 aliphatic heterocycles. The lowest BCUT2D eigenvalue weighted by atomic mass is 9.87. The van der Waals surface area contributed by atoms with Crippen LogP contribution in [0.3, 0.4) is 0 Å². The number of anilines is 1. The summed E-state index contributed by atoms with van der Waals surface area (Å²) >= 11 is 0. The van der Waals surface area contributed by atoms with Crippen LogP contribution in [-0.4, -0.2) is 25.7 Å². The smallest absolute Gasteiger partial charge is 0.275 e. The summed E-state index contributed by atoms with van der Waals surface area (Å²) in [6.45, 7) is 0. The van der Waals surface area contributed by atoms with E-state index < -0.39 is 0 Å². The zero-order chi connectivity index (χ0) is 17.2. The van der Waals surface area contributed by atoms with Crippen molar-refractivity contribution in [1.82, 2.24) is 19.7 Å². The first-order chi connectivity index (χ1) is 12.2. The van der Waals surface area contributed by atoms with E-state index in [0.29, 0.717) is 17.4 Å². The van der Waals surface area contributed by atoms with Gasteiger partial charge in [0.1, 0.15) is 11.5 Å². The van der Waals surface area contributed by atoms with Crippen molar-refractivity contribution in [3.05, 3.63) is 48.0 Å². The quantitative estimate of drug-likeness (QED) is 0.793. The van der Waals surface area contributed by atoms with E-state index in [2.05, 4.69) is 20.4 Å². The third-order valence-corrected chi connectivity index (χ3v) is 4.89. The average Bonchev–Trinajstić information content (AvgIpc) is 3.02. The van der Waals surface area contributed by atoms with Crippen molar-refractivity contribution in [2.24, 2.45) is 7.05 Å². The van der Waals surface area contributed by atoms with Gasteiger partial charge < -0.3 is 5.32 Å². The number of carbonyl (C=O) groups excluding carboxylic acids is 1. The average molecular weight is 335 g/mol. The number of hydrogen-bond donors (Lipinski definition) is 1. The maximum Gasteiger partial charge on any atom is 0.275 e. The van der Waals surface area contributed by atoms with Gasteiger partial charge in [-0.2, -0.15) is 5.10 Å². The number of nitrogens with zero attached hydrogens (tertiary/aromatic N) is 4. The minimum Gasteiger partial charge on any atom is -0.305 e. The number of amides is 1. The van der Waals surface area contributed by atoms with Crippen LogP contribution in [0.2, 0.25) is 0 Å². The Labute approximate surface area is 146 Å². The second-order valence-corrected chi connectivity index (χ2v) is 6.63. The molecule has 0 bridgehead atoms. The van der Waals surface area contributed by atoms with E-state index in [-0.39, 0.29) is 5.91 Å². The Morgan fingerprint density at radius 3 is 2.88 bits per heavy atom. The zero-order valence-electron chi connectivity index (χ0n) is 14.3. The van der Waals surface area contributed by atoms with Crippen molar-refractivity contribution in [1.29, 1.82) is 0 Å². The summed E-state index contributed by atoms with van der Waals surface area (Å²) in [7, 11) is 1.86. The van der Waals surface area contributed by atoms with Crippen molar-refractivity contribution >= 4 is 22.6 Å². The molecule has 1 saturated carbocycles. The molecule has 6 nitrogen and oxygen atoms in total. The van der Waals surface area contributed by atoms with E-state index in [1.807, 2.05) is 19.2 Å². The highest BCUT2D eigenvalue weighted by Gasteiger charge is 2.20. The van der Waals surface area contributed by atoms with Crippen molar-refractivity contribution in [3.63, 3.8) is 0 Å². The monoisotopic (exact) mass is 335 g/mol. The summed E-state index contributed by atoms with van der Waals surface area (Å²) in [6, 6.07) is 7.38. The van der Waals surface area contributed by atoms with Crippen molar-refractivity contribution in [2.45, 2.75) is 38.0 Å². The van der Waals surface area contributed by atoms with Crippen LogP contribution < -0.4 is 5.32 Å². The van der Waals surface area contributed by atoms with Gasteiger partial charge in [0.05, 0.1) is 11.2 Å². The number of carbonyl (C=O) groups is 1. The highest BCUT2D eigenvalue weighted by Crippen LogP contribution is 2.32. The highest BCUT2D eigenvalue weighted by molar-refractivity contribution is 6.03. The molecule has 0 unspecified atom stereocenters. The summed E-state index contributed by atoms with van der Waals surface area (Å²) in [5.74, 6) is 0.996. The molecule has 0 spiro atoms. The molecule has 4 rings (SSSR count). The minimum absolute atomic E-state index is 0.225. The van der Waals surface area contributed by atoms with Gasteiger partial charge in [-0.3, -0.25) is 14.5 Å². The van der Waals surface area contributed by atoms with Crippen LogP contribution in [0.15, 0.2) is 36.7 Å². The van der Waals surface area contributed by atoms with E-state index in [9.17, 15) is 4.79 Å². The molecule has 3 aromatic heterocycles. The van der Waals surface area contributed by atoms with Gasteiger partial charge in [0.15, 0.2) is 0 Å². The minimum atomic E-state index is -0.225. The lowest BCUT2D eigenvalue weighted by Crippen LogP contribution is -2.15. The van der Waals surface area contributed by atoms with Gasteiger partial charge in [-0.05, 0) is 31.0 Å². The van der Waals surface area contributed by atoms with Crippen molar-refractivity contribution < 1.29 is 4.79 Å². The molecule has 25 heavy (non-hydrogen) atoms. The molecular weight excluding hydrogens is 314 g/mol. The van der Waals surface area contributed by atoms with Crippen LogP contribution in [0.1, 0.15) is 54.2 Å². The Morgan fingerprint density at radius 2 is 2.04 bits per heavy atom. The third-order valence-electron chi connectivity index (χ3n) is 4.89. The molecule has 0 atom stereocenters. The first-order valence-electron chi connectivity index (χ1n) is 8.77. The zero-order valence-corrected chi connectivity index (χ0v) is 14.3. The summed E-state index contributed by atoms with van der Waals surface area (Å²) < 4.78 is 1.74. The molecule has 0 saturated heterocycles. The maximum absolute atomic E-state index is 12.6. The lowest BCUT2D eigenvalue weighted by molar-refractivity contribution is 0.102. The van der Waals surface area contributed by atoms with Crippen LogP contribution in [0.25, 0.3) is 10.9 Å². The fraction of sp³-hybridized carbons (Fsp3) is 0.368. The SMILES string of the molecule is Cn1nc(C2CCCCC2)cc1NC(=O)c1ccc2cnccc2n1. The van der Waals surface area contributed by atoms with Crippen LogP contribution >= 0.6 is 0 Å². The second kappa shape index (κ2) is 6.63. The second-order valence-electron chi connectivity index (χ2n) is 6.63. The van der Waals surface area contributed by atoms with E-state index in [1.165, 1.54) is 32.1 Å². The first kappa shape index (κ1) is 15.7. The number of hydrogen-bond acceptors (Lipinski definition) is 4. The van der Waals surface area contributed by atoms with Gasteiger partial charge in [0.25, 0.3) is 5.91 Å². The van der Waals surface area contributed by atoms with E-state index >= 15 is 0 Å². The Kier molecular flexibility index (Phi) is 4.17. The Bertz CT molecular complexity index is 911. The molecule has 128 valence electrons. The molecule has 3 heterocycles. The van der Waals surface area contributed by atoms with E-state index in [1.54, 1.807) is 29.2 Å². The van der Waals surface area contributed by atoms with Crippen LogP contribution in [0.5, 0.6) is 0 Å². The van der Waals surface area contributed by atoms with Gasteiger partial charge >= 0.3 is 0 Å². The van der Waals surface area contributed by atoms with Crippen molar-refractivity contribution in [2.75, 3.05) is 5.32 Å². The number of aryl methyl sites for hydroxylation is 1. The fourth-order valence-corrected chi connectivity index (χ4v) is 3.48. The van der Waals surface area contributed by atoms with Gasteiger partial charge in [0, 0.05) is 36.8 Å².